The summed E-state index contributed by atoms with van der Waals surface area (Å²) in [5, 5.41) is 5.43. The molecule has 0 radical (unpaired) electrons. The van der Waals surface area contributed by atoms with Crippen molar-refractivity contribution in [1.29, 1.82) is 0 Å². The molecule has 0 aromatic heterocycles. The first-order chi connectivity index (χ1) is 22.5. The number of ether oxygens (including phenoxy) is 6. The van der Waals surface area contributed by atoms with E-state index in [9.17, 15) is 9.59 Å². The molecule has 0 bridgehead atoms. The smallest absolute Gasteiger partial charge is 0.343 e. The Balaban J connectivity index is 0.916. The van der Waals surface area contributed by atoms with Crippen molar-refractivity contribution in [2.75, 3.05) is 26.4 Å². The molecule has 2 atom stereocenters. The van der Waals surface area contributed by atoms with Crippen LogP contribution in [0.5, 0.6) is 23.0 Å². The number of esters is 2. The average molecular weight is 613 g/mol. The van der Waals surface area contributed by atoms with Gasteiger partial charge in [-0.1, -0.05) is 36.4 Å². The van der Waals surface area contributed by atoms with Crippen molar-refractivity contribution in [2.45, 2.75) is 12.2 Å². The third kappa shape index (κ3) is 6.35. The van der Waals surface area contributed by atoms with Crippen LogP contribution >= 0.6 is 0 Å². The fraction of sp³-hybridized carbons (Fsp3) is 0.158. The van der Waals surface area contributed by atoms with Gasteiger partial charge in [0.25, 0.3) is 0 Å². The van der Waals surface area contributed by atoms with Gasteiger partial charge in [-0.3, -0.25) is 0 Å². The Hall–Kier alpha value is -5.44. The van der Waals surface area contributed by atoms with Crippen LogP contribution < -0.4 is 18.9 Å². The monoisotopic (exact) mass is 612 g/mol. The Morgan fingerprint density at radius 3 is 1.20 bits per heavy atom. The first kappa shape index (κ1) is 28.1. The number of hydrogen-bond acceptors (Lipinski definition) is 8. The molecule has 2 heterocycles. The second-order valence-corrected chi connectivity index (χ2v) is 11.4. The minimum absolute atomic E-state index is 0.187. The summed E-state index contributed by atoms with van der Waals surface area (Å²) in [6.45, 7) is 2.56. The summed E-state index contributed by atoms with van der Waals surface area (Å²) in [4.78, 5) is 26.0. The lowest BCUT2D eigenvalue weighted by Gasteiger charge is -2.10. The average Bonchev–Trinajstić information content (AvgIpc) is 4.02. The highest BCUT2D eigenvalue weighted by Crippen LogP contribution is 2.29. The number of rotatable bonds is 10. The quantitative estimate of drug-likeness (QED) is 0.0915. The van der Waals surface area contributed by atoms with Gasteiger partial charge in [-0.05, 0) is 105 Å². The lowest BCUT2D eigenvalue weighted by molar-refractivity contribution is 0.0725. The third-order valence-corrected chi connectivity index (χ3v) is 7.98. The molecule has 46 heavy (non-hydrogen) atoms. The summed E-state index contributed by atoms with van der Waals surface area (Å²) >= 11 is 0. The maximum atomic E-state index is 13.0. The van der Waals surface area contributed by atoms with Crippen molar-refractivity contribution >= 4 is 44.3 Å². The molecule has 228 valence electrons. The zero-order valence-electron chi connectivity index (χ0n) is 24.6. The summed E-state index contributed by atoms with van der Waals surface area (Å²) < 4.78 is 33.3. The van der Waals surface area contributed by atoms with Crippen LogP contribution in [0, 0.1) is 0 Å². The van der Waals surface area contributed by atoms with E-state index >= 15 is 0 Å². The van der Waals surface area contributed by atoms with Gasteiger partial charge in [0.15, 0.2) is 0 Å². The van der Waals surface area contributed by atoms with E-state index in [1.165, 1.54) is 0 Å². The molecule has 2 aliphatic heterocycles. The minimum atomic E-state index is -0.454. The van der Waals surface area contributed by atoms with Gasteiger partial charge in [-0.2, -0.15) is 0 Å². The van der Waals surface area contributed by atoms with Crippen molar-refractivity contribution < 1.29 is 38.0 Å². The number of carbonyl (C=O) groups is 2. The van der Waals surface area contributed by atoms with E-state index in [2.05, 4.69) is 0 Å². The van der Waals surface area contributed by atoms with Gasteiger partial charge < -0.3 is 28.4 Å². The molecule has 8 heteroatoms. The molecular weight excluding hydrogens is 584 g/mol. The second kappa shape index (κ2) is 11.8. The van der Waals surface area contributed by atoms with Crippen LogP contribution in [0.3, 0.4) is 0 Å². The normalized spacial score (nSPS) is 16.7. The van der Waals surface area contributed by atoms with E-state index in [-0.39, 0.29) is 12.2 Å². The molecule has 2 fully saturated rings. The standard InChI is InChI=1S/C38H28O8/c39-37(29-3-1-25-15-31(9-5-23(25)13-29)41-19-35-21-43-35)45-33-11-7-28-18-34(12-8-27(28)17-33)46-38(40)30-4-2-26-16-32(10-6-24(26)14-30)42-20-36-22-44-36/h1-18,35-36H,19-22H2. The second-order valence-electron chi connectivity index (χ2n) is 11.4. The summed E-state index contributed by atoms with van der Waals surface area (Å²) in [6.07, 6.45) is 0.375. The minimum Gasteiger partial charge on any atom is -0.491 e. The molecule has 6 aromatic rings. The van der Waals surface area contributed by atoms with Gasteiger partial charge in [0, 0.05) is 0 Å². The maximum absolute atomic E-state index is 13.0. The fourth-order valence-electron chi connectivity index (χ4n) is 5.25. The van der Waals surface area contributed by atoms with E-state index in [0.717, 1.165) is 57.0 Å². The van der Waals surface area contributed by atoms with E-state index in [0.29, 0.717) is 35.8 Å². The topological polar surface area (TPSA) is 96.1 Å². The molecule has 2 aliphatic rings. The third-order valence-electron chi connectivity index (χ3n) is 7.98. The highest BCUT2D eigenvalue weighted by molar-refractivity contribution is 5.98. The van der Waals surface area contributed by atoms with Gasteiger partial charge in [0.1, 0.15) is 48.4 Å². The molecule has 0 aliphatic carbocycles. The molecule has 0 saturated carbocycles. The van der Waals surface area contributed by atoms with Crippen molar-refractivity contribution in [2.24, 2.45) is 0 Å². The van der Waals surface area contributed by atoms with Crippen LogP contribution in [-0.4, -0.2) is 50.6 Å². The Morgan fingerprint density at radius 2 is 0.804 bits per heavy atom. The summed E-state index contributed by atoms with van der Waals surface area (Å²) in [6, 6.07) is 33.0. The molecule has 0 N–H and O–H groups in total. The highest BCUT2D eigenvalue weighted by Gasteiger charge is 2.24. The Labute approximate surface area is 264 Å². The van der Waals surface area contributed by atoms with Crippen molar-refractivity contribution in [3.63, 3.8) is 0 Å². The summed E-state index contributed by atoms with van der Waals surface area (Å²) in [5.74, 6) is 1.45. The van der Waals surface area contributed by atoms with Crippen LogP contribution in [0.25, 0.3) is 32.3 Å². The van der Waals surface area contributed by atoms with Crippen LogP contribution in [-0.2, 0) is 9.47 Å². The molecule has 0 amide bonds. The molecule has 2 unspecified atom stereocenters. The first-order valence-electron chi connectivity index (χ1n) is 15.1. The summed E-state index contributed by atoms with van der Waals surface area (Å²) in [5.41, 5.74) is 0.891. The van der Waals surface area contributed by atoms with Crippen LogP contribution in [0.2, 0.25) is 0 Å². The molecule has 2 saturated heterocycles. The van der Waals surface area contributed by atoms with Crippen LogP contribution in [0.1, 0.15) is 20.7 Å². The SMILES string of the molecule is O=C(Oc1ccc2cc(OC(=O)c3ccc4cc(OCC5CO5)ccc4c3)ccc2c1)c1ccc2cc(OCC3CO3)ccc2c1. The Bertz CT molecular complexity index is 1980. The highest BCUT2D eigenvalue weighted by atomic mass is 16.6. The van der Waals surface area contributed by atoms with E-state index in [1.807, 2.05) is 60.7 Å². The lowest BCUT2D eigenvalue weighted by atomic mass is 10.1. The fourth-order valence-corrected chi connectivity index (χ4v) is 5.25. The van der Waals surface area contributed by atoms with E-state index in [1.54, 1.807) is 48.5 Å². The lowest BCUT2D eigenvalue weighted by Crippen LogP contribution is -2.09. The summed E-state index contributed by atoms with van der Waals surface area (Å²) in [7, 11) is 0. The Kier molecular flexibility index (Phi) is 7.21. The van der Waals surface area contributed by atoms with E-state index in [4.69, 9.17) is 28.4 Å². The number of carbonyl (C=O) groups excluding carboxylic acids is 2. The maximum Gasteiger partial charge on any atom is 0.343 e. The molecule has 8 nitrogen and oxygen atoms in total. The first-order valence-corrected chi connectivity index (χ1v) is 15.1. The predicted molar refractivity (Wildman–Crippen MR) is 172 cm³/mol. The van der Waals surface area contributed by atoms with Gasteiger partial charge in [-0.15, -0.1) is 0 Å². The van der Waals surface area contributed by atoms with E-state index < -0.39 is 11.9 Å². The van der Waals surface area contributed by atoms with Gasteiger partial charge >= 0.3 is 11.9 Å². The molecule has 8 rings (SSSR count). The molecule has 0 spiro atoms. The van der Waals surface area contributed by atoms with Crippen molar-refractivity contribution in [3.8, 4) is 23.0 Å². The van der Waals surface area contributed by atoms with Crippen molar-refractivity contribution in [3.05, 3.63) is 120 Å². The number of epoxide rings is 2. The van der Waals surface area contributed by atoms with Gasteiger partial charge in [0.05, 0.1) is 24.3 Å². The largest absolute Gasteiger partial charge is 0.491 e. The number of fused-ring (bicyclic) bond motifs is 3. The van der Waals surface area contributed by atoms with Gasteiger partial charge in [-0.25, -0.2) is 9.59 Å². The molecule has 6 aromatic carbocycles. The zero-order valence-corrected chi connectivity index (χ0v) is 24.6. The predicted octanol–water partition coefficient (Wildman–Crippen LogP) is 7.14. The Morgan fingerprint density at radius 1 is 0.478 bits per heavy atom. The zero-order chi connectivity index (χ0) is 31.0. The van der Waals surface area contributed by atoms with Crippen molar-refractivity contribution in [1.82, 2.24) is 0 Å². The number of hydrogen-bond donors (Lipinski definition) is 0. The molecular formula is C38H28O8. The van der Waals surface area contributed by atoms with Crippen LogP contribution in [0.4, 0.5) is 0 Å². The van der Waals surface area contributed by atoms with Crippen LogP contribution in [0.15, 0.2) is 109 Å². The van der Waals surface area contributed by atoms with Gasteiger partial charge in [0.2, 0.25) is 0 Å². The number of benzene rings is 6.